The summed E-state index contributed by atoms with van der Waals surface area (Å²) in [6, 6.07) is 0.927. The molecule has 118 valence electrons. The van der Waals surface area contributed by atoms with Crippen LogP contribution in [0.25, 0.3) is 0 Å². The predicted octanol–water partition coefficient (Wildman–Crippen LogP) is 1.27. The number of rotatable bonds is 6. The van der Waals surface area contributed by atoms with Gasteiger partial charge in [-0.15, -0.1) is 0 Å². The Balaban J connectivity index is 3.03. The molecule has 1 aromatic carbocycles. The number of benzene rings is 1. The normalized spacial score (nSPS) is 15.4. The lowest BCUT2D eigenvalue weighted by Crippen LogP contribution is -2.46. The largest absolute Gasteiger partial charge is 0.507 e. The molecule has 0 aliphatic heterocycles. The van der Waals surface area contributed by atoms with E-state index in [9.17, 15) is 25.2 Å². The fourth-order valence-corrected chi connectivity index (χ4v) is 2.21. The Bertz CT molecular complexity index is 541. The number of aliphatic carboxylic acids is 1. The van der Waals surface area contributed by atoms with Gasteiger partial charge < -0.3 is 31.3 Å². The molecule has 2 unspecified atom stereocenters. The van der Waals surface area contributed by atoms with Crippen LogP contribution < -0.4 is 5.73 Å². The van der Waals surface area contributed by atoms with E-state index in [1.165, 1.54) is 6.92 Å². The molecule has 0 saturated heterocycles. The SMILES string of the molecule is CCC(Cc1c(O)cc(O)c(O)c1O)CC(C)(N)C(=O)O. The van der Waals surface area contributed by atoms with Gasteiger partial charge in [0.25, 0.3) is 0 Å². The molecule has 0 aliphatic carbocycles. The molecule has 0 spiro atoms. The molecule has 0 fully saturated rings. The Labute approximate surface area is 122 Å². The van der Waals surface area contributed by atoms with Gasteiger partial charge in [-0.05, 0) is 25.7 Å². The molecule has 21 heavy (non-hydrogen) atoms. The summed E-state index contributed by atoms with van der Waals surface area (Å²) in [6.07, 6.45) is 0.835. The van der Waals surface area contributed by atoms with Gasteiger partial charge in [-0.1, -0.05) is 13.3 Å². The second-order valence-corrected chi connectivity index (χ2v) is 5.50. The van der Waals surface area contributed by atoms with Crippen LogP contribution in [0.4, 0.5) is 0 Å². The van der Waals surface area contributed by atoms with E-state index in [4.69, 9.17) is 10.8 Å². The van der Waals surface area contributed by atoms with Crippen LogP contribution in [0.2, 0.25) is 0 Å². The first-order chi connectivity index (χ1) is 9.60. The monoisotopic (exact) mass is 299 g/mol. The van der Waals surface area contributed by atoms with Crippen LogP contribution >= 0.6 is 0 Å². The summed E-state index contributed by atoms with van der Waals surface area (Å²) in [5, 5.41) is 47.4. The van der Waals surface area contributed by atoms with Crippen molar-refractivity contribution >= 4 is 5.97 Å². The van der Waals surface area contributed by atoms with Crippen molar-refractivity contribution in [2.75, 3.05) is 0 Å². The van der Waals surface area contributed by atoms with Crippen LogP contribution in [0, 0.1) is 5.92 Å². The maximum Gasteiger partial charge on any atom is 0.323 e. The third-order valence-corrected chi connectivity index (χ3v) is 3.61. The number of carboxylic acid groups (broad SMARTS) is 1. The minimum absolute atomic E-state index is 0.0540. The maximum absolute atomic E-state index is 11.1. The number of phenolic OH excluding ortho intramolecular Hbond substituents is 4. The van der Waals surface area contributed by atoms with Crippen molar-refractivity contribution in [1.29, 1.82) is 0 Å². The molecule has 0 bridgehead atoms. The highest BCUT2D eigenvalue weighted by Gasteiger charge is 2.32. The van der Waals surface area contributed by atoms with Crippen molar-refractivity contribution in [3.05, 3.63) is 11.6 Å². The van der Waals surface area contributed by atoms with E-state index in [-0.39, 0.29) is 30.1 Å². The van der Waals surface area contributed by atoms with Gasteiger partial charge in [-0.25, -0.2) is 0 Å². The summed E-state index contributed by atoms with van der Waals surface area (Å²) < 4.78 is 0. The molecule has 0 heterocycles. The Morgan fingerprint density at radius 1 is 1.24 bits per heavy atom. The minimum atomic E-state index is -1.43. The van der Waals surface area contributed by atoms with Crippen LogP contribution in [0.15, 0.2) is 6.07 Å². The van der Waals surface area contributed by atoms with Gasteiger partial charge in [-0.3, -0.25) is 4.79 Å². The highest BCUT2D eigenvalue weighted by Crippen LogP contribution is 2.44. The Morgan fingerprint density at radius 2 is 1.81 bits per heavy atom. The first-order valence-corrected chi connectivity index (χ1v) is 6.58. The standard InChI is InChI=1S/C14H21NO6/c1-3-7(6-14(2,15)13(20)21)4-8-9(16)5-10(17)12(19)11(8)18/h5,7,16-19H,3-4,6,15H2,1-2H3,(H,20,21). The van der Waals surface area contributed by atoms with Gasteiger partial charge in [0.15, 0.2) is 11.5 Å². The average Bonchev–Trinajstić information content (AvgIpc) is 2.39. The predicted molar refractivity (Wildman–Crippen MR) is 75.4 cm³/mol. The lowest BCUT2D eigenvalue weighted by atomic mass is 9.84. The summed E-state index contributed by atoms with van der Waals surface area (Å²) in [5.41, 5.74) is 4.33. The molecule has 7 N–H and O–H groups in total. The fourth-order valence-electron chi connectivity index (χ4n) is 2.21. The first-order valence-electron chi connectivity index (χ1n) is 6.58. The Hall–Kier alpha value is -2.15. The van der Waals surface area contributed by atoms with Crippen LogP contribution in [-0.4, -0.2) is 37.0 Å². The van der Waals surface area contributed by atoms with E-state index >= 15 is 0 Å². The lowest BCUT2D eigenvalue weighted by Gasteiger charge is -2.25. The first kappa shape index (κ1) is 16.9. The third-order valence-electron chi connectivity index (χ3n) is 3.61. The summed E-state index contributed by atoms with van der Waals surface area (Å²) >= 11 is 0. The molecule has 7 nitrogen and oxygen atoms in total. The zero-order chi connectivity index (χ0) is 16.4. The molecule has 0 radical (unpaired) electrons. The zero-order valence-corrected chi connectivity index (χ0v) is 12.0. The van der Waals surface area contributed by atoms with E-state index < -0.39 is 28.8 Å². The molecule has 2 atom stereocenters. The van der Waals surface area contributed by atoms with Crippen LogP contribution in [0.1, 0.15) is 32.3 Å². The van der Waals surface area contributed by atoms with E-state index in [2.05, 4.69) is 0 Å². The van der Waals surface area contributed by atoms with Gasteiger partial charge >= 0.3 is 5.97 Å². The van der Waals surface area contributed by atoms with Crippen molar-refractivity contribution in [2.45, 2.75) is 38.6 Å². The smallest absolute Gasteiger partial charge is 0.323 e. The number of nitrogens with two attached hydrogens (primary N) is 1. The van der Waals surface area contributed by atoms with E-state index in [1.54, 1.807) is 0 Å². The van der Waals surface area contributed by atoms with Crippen LogP contribution in [0.3, 0.4) is 0 Å². The molecule has 0 aliphatic rings. The quantitative estimate of drug-likeness (QED) is 0.343. The number of hydrogen-bond donors (Lipinski definition) is 6. The molecule has 1 rings (SSSR count). The zero-order valence-electron chi connectivity index (χ0n) is 12.0. The van der Waals surface area contributed by atoms with Crippen molar-refractivity contribution < 1.29 is 30.3 Å². The summed E-state index contributed by atoms with van der Waals surface area (Å²) in [5.74, 6) is -3.68. The molecule has 0 amide bonds. The minimum Gasteiger partial charge on any atom is -0.507 e. The van der Waals surface area contributed by atoms with E-state index in [1.807, 2.05) is 6.92 Å². The third kappa shape index (κ3) is 3.69. The van der Waals surface area contributed by atoms with Crippen molar-refractivity contribution in [1.82, 2.24) is 0 Å². The number of hydrogen-bond acceptors (Lipinski definition) is 6. The van der Waals surface area contributed by atoms with Crippen molar-refractivity contribution in [2.24, 2.45) is 11.7 Å². The average molecular weight is 299 g/mol. The molecular formula is C14H21NO6. The topological polar surface area (TPSA) is 144 Å². The number of carbonyl (C=O) groups is 1. The van der Waals surface area contributed by atoms with Gasteiger partial charge in [0, 0.05) is 11.6 Å². The van der Waals surface area contributed by atoms with Crippen LogP contribution in [-0.2, 0) is 11.2 Å². The Morgan fingerprint density at radius 3 is 2.29 bits per heavy atom. The number of carboxylic acids is 1. The van der Waals surface area contributed by atoms with Crippen LogP contribution in [0.5, 0.6) is 23.0 Å². The summed E-state index contributed by atoms with van der Waals surface area (Å²) in [6.45, 7) is 3.23. The highest BCUT2D eigenvalue weighted by molar-refractivity contribution is 5.77. The van der Waals surface area contributed by atoms with Crippen molar-refractivity contribution in [3.8, 4) is 23.0 Å². The number of aromatic hydroxyl groups is 4. The van der Waals surface area contributed by atoms with E-state index in [0.717, 1.165) is 6.07 Å². The summed E-state index contributed by atoms with van der Waals surface area (Å²) in [4.78, 5) is 11.1. The second-order valence-electron chi connectivity index (χ2n) is 5.50. The lowest BCUT2D eigenvalue weighted by molar-refractivity contribution is -0.143. The number of phenols is 4. The Kier molecular flexibility index (Phi) is 4.90. The molecule has 1 aromatic rings. The molecule has 7 heteroatoms. The fraction of sp³-hybridized carbons (Fsp3) is 0.500. The maximum atomic E-state index is 11.1. The van der Waals surface area contributed by atoms with Gasteiger partial charge in [0.05, 0.1) is 0 Å². The second kappa shape index (κ2) is 6.09. The molecule has 0 aromatic heterocycles. The molecule has 0 saturated carbocycles. The summed E-state index contributed by atoms with van der Waals surface area (Å²) in [7, 11) is 0. The molecular weight excluding hydrogens is 278 g/mol. The van der Waals surface area contributed by atoms with Crippen molar-refractivity contribution in [3.63, 3.8) is 0 Å². The van der Waals surface area contributed by atoms with Gasteiger partial charge in [-0.2, -0.15) is 0 Å². The highest BCUT2D eigenvalue weighted by atomic mass is 16.4. The van der Waals surface area contributed by atoms with Gasteiger partial charge in [0.1, 0.15) is 11.3 Å². The van der Waals surface area contributed by atoms with Gasteiger partial charge in [0.2, 0.25) is 5.75 Å². The van der Waals surface area contributed by atoms with E-state index in [0.29, 0.717) is 6.42 Å².